The number of aromatic amines is 1. The van der Waals surface area contributed by atoms with Crippen molar-refractivity contribution in [2.45, 2.75) is 26.1 Å². The third-order valence-electron chi connectivity index (χ3n) is 4.03. The molecule has 1 saturated heterocycles. The Hall–Kier alpha value is -2.34. The van der Waals surface area contributed by atoms with Gasteiger partial charge in [-0.2, -0.15) is 0 Å². The van der Waals surface area contributed by atoms with Crippen LogP contribution in [0, 0.1) is 0 Å². The second-order valence-electron chi connectivity index (χ2n) is 5.91. The average Bonchev–Trinajstić information content (AvgIpc) is 2.53. The summed E-state index contributed by atoms with van der Waals surface area (Å²) in [6.45, 7) is 4.83. The Bertz CT molecular complexity index is 789. The second-order valence-corrected chi connectivity index (χ2v) is 5.91. The molecular formula is C17H20N2O4. The van der Waals surface area contributed by atoms with Crippen LogP contribution >= 0.6 is 0 Å². The van der Waals surface area contributed by atoms with Gasteiger partial charge in [0.1, 0.15) is 11.3 Å². The number of pyridine rings is 1. The van der Waals surface area contributed by atoms with E-state index in [-0.39, 0.29) is 29.1 Å². The number of carbonyl (C=O) groups excluding carboxylic acids is 1. The molecule has 0 bridgehead atoms. The van der Waals surface area contributed by atoms with E-state index in [0.717, 1.165) is 0 Å². The number of morpholine rings is 1. The summed E-state index contributed by atoms with van der Waals surface area (Å²) >= 11 is 0. The number of hydrogen-bond donors (Lipinski definition) is 1. The van der Waals surface area contributed by atoms with Crippen molar-refractivity contribution in [3.8, 4) is 5.75 Å². The molecule has 2 atom stereocenters. The van der Waals surface area contributed by atoms with Crippen LogP contribution in [-0.2, 0) is 4.74 Å². The molecule has 122 valence electrons. The summed E-state index contributed by atoms with van der Waals surface area (Å²) in [5, 5.41) is 0.478. The van der Waals surface area contributed by atoms with E-state index in [2.05, 4.69) is 4.98 Å². The highest BCUT2D eigenvalue weighted by atomic mass is 16.5. The summed E-state index contributed by atoms with van der Waals surface area (Å²) in [5.41, 5.74) is 0.539. The number of ether oxygens (including phenoxy) is 2. The highest BCUT2D eigenvalue weighted by molar-refractivity contribution is 5.97. The molecule has 3 rings (SSSR count). The number of rotatable bonds is 2. The zero-order valence-electron chi connectivity index (χ0n) is 13.5. The predicted octanol–water partition coefficient (Wildman–Crippen LogP) is 1.79. The van der Waals surface area contributed by atoms with Gasteiger partial charge in [0.25, 0.3) is 5.91 Å². The van der Waals surface area contributed by atoms with Crippen LogP contribution in [0.5, 0.6) is 5.75 Å². The number of hydrogen-bond acceptors (Lipinski definition) is 4. The van der Waals surface area contributed by atoms with Gasteiger partial charge < -0.3 is 19.4 Å². The normalized spacial score (nSPS) is 21.4. The SMILES string of the molecule is COc1ccc2c(=O)c(C(=O)N3C[C@H](C)O[C@@H](C)C3)c[nH]c2c1. The fourth-order valence-corrected chi connectivity index (χ4v) is 3.00. The Balaban J connectivity index is 1.98. The van der Waals surface area contributed by atoms with Gasteiger partial charge >= 0.3 is 0 Å². The number of H-pyrrole nitrogens is 1. The molecule has 1 fully saturated rings. The fourth-order valence-electron chi connectivity index (χ4n) is 3.00. The van der Waals surface area contributed by atoms with Crippen molar-refractivity contribution >= 4 is 16.8 Å². The van der Waals surface area contributed by atoms with E-state index < -0.39 is 0 Å². The molecule has 1 N–H and O–H groups in total. The number of amides is 1. The summed E-state index contributed by atoms with van der Waals surface area (Å²) in [4.78, 5) is 30.0. The van der Waals surface area contributed by atoms with Crippen LogP contribution in [-0.4, -0.2) is 48.2 Å². The van der Waals surface area contributed by atoms with Crippen LogP contribution in [0.3, 0.4) is 0 Å². The molecular weight excluding hydrogens is 296 g/mol. The van der Waals surface area contributed by atoms with Gasteiger partial charge in [-0.1, -0.05) is 0 Å². The van der Waals surface area contributed by atoms with Gasteiger partial charge in [0.2, 0.25) is 5.43 Å². The smallest absolute Gasteiger partial charge is 0.259 e. The van der Waals surface area contributed by atoms with Crippen LogP contribution in [0.15, 0.2) is 29.2 Å². The number of benzene rings is 1. The lowest BCUT2D eigenvalue weighted by Gasteiger charge is -2.35. The lowest BCUT2D eigenvalue weighted by molar-refractivity contribution is -0.0586. The van der Waals surface area contributed by atoms with Crippen molar-refractivity contribution in [2.24, 2.45) is 0 Å². The fraction of sp³-hybridized carbons (Fsp3) is 0.412. The average molecular weight is 316 g/mol. The topological polar surface area (TPSA) is 71.6 Å². The van der Waals surface area contributed by atoms with E-state index >= 15 is 0 Å². The number of methoxy groups -OCH3 is 1. The first-order valence-corrected chi connectivity index (χ1v) is 7.63. The lowest BCUT2D eigenvalue weighted by Crippen LogP contribution is -2.49. The molecule has 1 aliphatic rings. The highest BCUT2D eigenvalue weighted by Crippen LogP contribution is 2.18. The summed E-state index contributed by atoms with van der Waals surface area (Å²) < 4.78 is 10.8. The summed E-state index contributed by atoms with van der Waals surface area (Å²) in [7, 11) is 1.57. The Labute approximate surface area is 134 Å². The molecule has 0 spiro atoms. The van der Waals surface area contributed by atoms with E-state index in [9.17, 15) is 9.59 Å². The van der Waals surface area contributed by atoms with E-state index in [0.29, 0.717) is 29.7 Å². The zero-order chi connectivity index (χ0) is 16.6. The third-order valence-corrected chi connectivity index (χ3v) is 4.03. The zero-order valence-corrected chi connectivity index (χ0v) is 13.5. The Morgan fingerprint density at radius 3 is 2.65 bits per heavy atom. The maximum atomic E-state index is 12.7. The second kappa shape index (κ2) is 6.04. The number of aromatic nitrogens is 1. The van der Waals surface area contributed by atoms with E-state index in [1.807, 2.05) is 13.8 Å². The molecule has 1 aliphatic heterocycles. The summed E-state index contributed by atoms with van der Waals surface area (Å²) in [6, 6.07) is 5.13. The van der Waals surface area contributed by atoms with Crippen LogP contribution in [0.1, 0.15) is 24.2 Å². The van der Waals surface area contributed by atoms with Crippen LogP contribution < -0.4 is 10.2 Å². The van der Waals surface area contributed by atoms with Crippen molar-refractivity contribution < 1.29 is 14.3 Å². The Kier molecular flexibility index (Phi) is 4.09. The monoisotopic (exact) mass is 316 g/mol. The minimum Gasteiger partial charge on any atom is -0.497 e. The van der Waals surface area contributed by atoms with E-state index in [1.54, 1.807) is 30.2 Å². The van der Waals surface area contributed by atoms with Gasteiger partial charge in [0, 0.05) is 30.7 Å². The van der Waals surface area contributed by atoms with Gasteiger partial charge in [-0.05, 0) is 26.0 Å². The van der Waals surface area contributed by atoms with E-state index in [4.69, 9.17) is 9.47 Å². The van der Waals surface area contributed by atoms with Crippen LogP contribution in [0.4, 0.5) is 0 Å². The predicted molar refractivity (Wildman–Crippen MR) is 87.0 cm³/mol. The largest absolute Gasteiger partial charge is 0.497 e. The quantitative estimate of drug-likeness (QED) is 0.917. The van der Waals surface area contributed by atoms with Crippen LogP contribution in [0.2, 0.25) is 0 Å². The van der Waals surface area contributed by atoms with Crippen molar-refractivity contribution in [3.63, 3.8) is 0 Å². The number of fused-ring (bicyclic) bond motifs is 1. The number of nitrogens with zero attached hydrogens (tertiary/aromatic N) is 1. The lowest BCUT2D eigenvalue weighted by atomic mass is 10.1. The molecule has 6 nitrogen and oxygen atoms in total. The summed E-state index contributed by atoms with van der Waals surface area (Å²) in [5.74, 6) is 0.397. The maximum Gasteiger partial charge on any atom is 0.259 e. The van der Waals surface area contributed by atoms with Crippen molar-refractivity contribution in [3.05, 3.63) is 40.2 Å². The molecule has 2 aromatic rings. The number of nitrogens with one attached hydrogen (secondary N) is 1. The molecule has 23 heavy (non-hydrogen) atoms. The standard InChI is InChI=1S/C17H20N2O4/c1-10-8-19(9-11(2)23-10)17(21)14-7-18-15-6-12(22-3)4-5-13(15)16(14)20/h4-7,10-11H,8-9H2,1-3H3,(H,18,20)/t10-,11-/m0/s1. The summed E-state index contributed by atoms with van der Waals surface area (Å²) in [6.07, 6.45) is 1.41. The highest BCUT2D eigenvalue weighted by Gasteiger charge is 2.28. The minimum atomic E-state index is -0.266. The molecule has 2 heterocycles. The molecule has 6 heteroatoms. The van der Waals surface area contributed by atoms with Crippen molar-refractivity contribution in [1.29, 1.82) is 0 Å². The first kappa shape index (κ1) is 15.6. The molecule has 0 radical (unpaired) electrons. The first-order valence-electron chi connectivity index (χ1n) is 7.63. The molecule has 0 unspecified atom stereocenters. The Morgan fingerprint density at radius 1 is 1.30 bits per heavy atom. The van der Waals surface area contributed by atoms with Gasteiger partial charge in [0.15, 0.2) is 0 Å². The van der Waals surface area contributed by atoms with E-state index in [1.165, 1.54) is 6.20 Å². The minimum absolute atomic E-state index is 0.0356. The third kappa shape index (κ3) is 2.94. The van der Waals surface area contributed by atoms with Gasteiger partial charge in [-0.25, -0.2) is 0 Å². The molecule has 1 aromatic carbocycles. The number of carbonyl (C=O) groups is 1. The first-order chi connectivity index (χ1) is 11.0. The molecule has 0 saturated carbocycles. The van der Waals surface area contributed by atoms with Gasteiger partial charge in [-0.15, -0.1) is 0 Å². The molecule has 1 amide bonds. The van der Waals surface area contributed by atoms with Gasteiger partial charge in [0.05, 0.1) is 24.8 Å². The molecule has 0 aliphatic carbocycles. The Morgan fingerprint density at radius 2 is 2.00 bits per heavy atom. The van der Waals surface area contributed by atoms with Crippen LogP contribution in [0.25, 0.3) is 10.9 Å². The van der Waals surface area contributed by atoms with Crippen molar-refractivity contribution in [1.82, 2.24) is 9.88 Å². The molecule has 1 aromatic heterocycles. The van der Waals surface area contributed by atoms with Gasteiger partial charge in [-0.3, -0.25) is 9.59 Å². The van der Waals surface area contributed by atoms with Crippen molar-refractivity contribution in [2.75, 3.05) is 20.2 Å². The maximum absolute atomic E-state index is 12.7.